The summed E-state index contributed by atoms with van der Waals surface area (Å²) < 4.78 is 0. The lowest BCUT2D eigenvalue weighted by Crippen LogP contribution is -2.40. The Kier molecular flexibility index (Phi) is 3.36. The zero-order valence-electron chi connectivity index (χ0n) is 10.6. The molecule has 0 spiro atoms. The molecule has 1 heterocycles. The fourth-order valence-corrected chi connectivity index (χ4v) is 2.56. The highest BCUT2D eigenvalue weighted by atomic mass is 16.4. The van der Waals surface area contributed by atoms with Crippen LogP contribution in [0.5, 0.6) is 0 Å². The van der Waals surface area contributed by atoms with Crippen LogP contribution in [0.1, 0.15) is 34.3 Å². The molecule has 4 heteroatoms. The van der Waals surface area contributed by atoms with E-state index in [1.807, 2.05) is 32.0 Å². The van der Waals surface area contributed by atoms with E-state index in [0.717, 1.165) is 17.5 Å². The summed E-state index contributed by atoms with van der Waals surface area (Å²) in [5.74, 6) is -1.07. The predicted molar refractivity (Wildman–Crippen MR) is 67.6 cm³/mol. The number of carbonyl (C=O) groups excluding carboxylic acids is 1. The van der Waals surface area contributed by atoms with Crippen molar-refractivity contribution in [3.05, 3.63) is 34.9 Å². The number of hydrogen-bond acceptors (Lipinski definition) is 2. The molecule has 0 aliphatic carbocycles. The number of nitrogens with zero attached hydrogens (tertiary/aromatic N) is 1. The Morgan fingerprint density at radius 1 is 1.28 bits per heavy atom. The van der Waals surface area contributed by atoms with E-state index in [1.165, 1.54) is 4.90 Å². The summed E-state index contributed by atoms with van der Waals surface area (Å²) in [4.78, 5) is 25.1. The third-order valence-corrected chi connectivity index (χ3v) is 3.49. The van der Waals surface area contributed by atoms with Gasteiger partial charge in [0.1, 0.15) is 6.04 Å². The number of benzene rings is 1. The first-order valence-corrected chi connectivity index (χ1v) is 6.12. The average Bonchev–Trinajstić information content (AvgIpc) is 2.77. The maximum absolute atomic E-state index is 12.5. The largest absolute Gasteiger partial charge is 0.480 e. The highest BCUT2D eigenvalue weighted by Crippen LogP contribution is 2.23. The van der Waals surface area contributed by atoms with Crippen LogP contribution in [0.15, 0.2) is 18.2 Å². The molecule has 0 bridgehead atoms. The number of hydrogen-bond donors (Lipinski definition) is 1. The fraction of sp³-hybridized carbons (Fsp3) is 0.429. The van der Waals surface area contributed by atoms with E-state index in [1.54, 1.807) is 0 Å². The molecule has 1 aromatic carbocycles. The maximum Gasteiger partial charge on any atom is 0.326 e. The van der Waals surface area contributed by atoms with Crippen molar-refractivity contribution in [3.8, 4) is 0 Å². The van der Waals surface area contributed by atoms with Crippen LogP contribution in [0.25, 0.3) is 0 Å². The molecule has 2 rings (SSSR count). The highest BCUT2D eigenvalue weighted by molar-refractivity contribution is 5.99. The lowest BCUT2D eigenvalue weighted by Gasteiger charge is -2.23. The SMILES string of the molecule is Cc1cccc(C)c1C(=O)N1CCC[C@@H]1C(=O)O. The van der Waals surface area contributed by atoms with Gasteiger partial charge in [0, 0.05) is 12.1 Å². The molecule has 0 unspecified atom stereocenters. The average molecular weight is 247 g/mol. The van der Waals surface area contributed by atoms with E-state index in [2.05, 4.69) is 0 Å². The molecule has 1 fully saturated rings. The summed E-state index contributed by atoms with van der Waals surface area (Å²) >= 11 is 0. The first kappa shape index (κ1) is 12.6. The Morgan fingerprint density at radius 2 is 1.89 bits per heavy atom. The third kappa shape index (κ3) is 2.10. The first-order chi connectivity index (χ1) is 8.52. The standard InChI is InChI=1S/C14H17NO3/c1-9-5-3-6-10(2)12(9)13(16)15-8-4-7-11(15)14(17)18/h3,5-6,11H,4,7-8H2,1-2H3,(H,17,18)/t11-/m1/s1. The van der Waals surface area contributed by atoms with Gasteiger partial charge in [-0.25, -0.2) is 4.79 Å². The molecular weight excluding hydrogens is 230 g/mol. The zero-order chi connectivity index (χ0) is 13.3. The minimum absolute atomic E-state index is 0.157. The van der Waals surface area contributed by atoms with Gasteiger partial charge in [0.2, 0.25) is 0 Å². The quantitative estimate of drug-likeness (QED) is 0.869. The Labute approximate surface area is 106 Å². The van der Waals surface area contributed by atoms with Gasteiger partial charge in [-0.2, -0.15) is 0 Å². The second-order valence-electron chi connectivity index (χ2n) is 4.76. The summed E-state index contributed by atoms with van der Waals surface area (Å²) in [5, 5.41) is 9.12. The Balaban J connectivity index is 2.34. The molecule has 4 nitrogen and oxygen atoms in total. The van der Waals surface area contributed by atoms with Crippen LogP contribution in [0, 0.1) is 13.8 Å². The Bertz CT molecular complexity index is 476. The highest BCUT2D eigenvalue weighted by Gasteiger charge is 2.35. The maximum atomic E-state index is 12.5. The van der Waals surface area contributed by atoms with Crippen LogP contribution < -0.4 is 0 Å². The van der Waals surface area contributed by atoms with Gasteiger partial charge in [0.15, 0.2) is 0 Å². The number of carbonyl (C=O) groups is 2. The number of amides is 1. The zero-order valence-corrected chi connectivity index (χ0v) is 10.6. The van der Waals surface area contributed by atoms with E-state index in [-0.39, 0.29) is 5.91 Å². The van der Waals surface area contributed by atoms with Gasteiger partial charge in [-0.05, 0) is 37.8 Å². The molecule has 1 atom stereocenters. The molecule has 1 N–H and O–H groups in total. The summed E-state index contributed by atoms with van der Waals surface area (Å²) in [6.45, 7) is 4.29. The monoisotopic (exact) mass is 247 g/mol. The molecule has 0 aromatic heterocycles. The summed E-state index contributed by atoms with van der Waals surface area (Å²) in [7, 11) is 0. The predicted octanol–water partition coefficient (Wildman–Crippen LogP) is 1.99. The van der Waals surface area contributed by atoms with Gasteiger partial charge in [-0.3, -0.25) is 4.79 Å². The molecule has 0 radical (unpaired) electrons. The number of rotatable bonds is 2. The van der Waals surface area contributed by atoms with Gasteiger partial charge in [-0.1, -0.05) is 18.2 Å². The number of likely N-dealkylation sites (tertiary alicyclic amines) is 1. The van der Waals surface area contributed by atoms with Crippen molar-refractivity contribution in [2.45, 2.75) is 32.7 Å². The van der Waals surface area contributed by atoms with E-state index in [9.17, 15) is 9.59 Å². The molecular formula is C14H17NO3. The van der Waals surface area contributed by atoms with Crippen molar-refractivity contribution >= 4 is 11.9 Å². The van der Waals surface area contributed by atoms with Crippen LogP contribution >= 0.6 is 0 Å². The fourth-order valence-electron chi connectivity index (χ4n) is 2.56. The Morgan fingerprint density at radius 3 is 2.44 bits per heavy atom. The van der Waals surface area contributed by atoms with Crippen LogP contribution in [0.4, 0.5) is 0 Å². The van der Waals surface area contributed by atoms with Crippen LogP contribution in [0.3, 0.4) is 0 Å². The van der Waals surface area contributed by atoms with Crippen molar-refractivity contribution in [2.24, 2.45) is 0 Å². The number of aryl methyl sites for hydroxylation is 2. The van der Waals surface area contributed by atoms with Crippen LogP contribution in [0.2, 0.25) is 0 Å². The second-order valence-corrected chi connectivity index (χ2v) is 4.76. The van der Waals surface area contributed by atoms with Gasteiger partial charge < -0.3 is 10.0 Å². The molecule has 1 saturated heterocycles. The lowest BCUT2D eigenvalue weighted by molar-refractivity contribution is -0.141. The molecule has 96 valence electrons. The number of carboxylic acid groups (broad SMARTS) is 1. The second kappa shape index (κ2) is 4.80. The van der Waals surface area contributed by atoms with Crippen LogP contribution in [-0.4, -0.2) is 34.5 Å². The molecule has 1 aliphatic heterocycles. The third-order valence-electron chi connectivity index (χ3n) is 3.49. The van der Waals surface area contributed by atoms with Gasteiger partial charge >= 0.3 is 5.97 Å². The van der Waals surface area contributed by atoms with Gasteiger partial charge in [-0.15, -0.1) is 0 Å². The van der Waals surface area contributed by atoms with E-state index < -0.39 is 12.0 Å². The van der Waals surface area contributed by atoms with E-state index in [4.69, 9.17) is 5.11 Å². The smallest absolute Gasteiger partial charge is 0.326 e. The van der Waals surface area contributed by atoms with Crippen molar-refractivity contribution in [1.82, 2.24) is 4.90 Å². The van der Waals surface area contributed by atoms with E-state index >= 15 is 0 Å². The molecule has 1 amide bonds. The lowest BCUT2D eigenvalue weighted by atomic mass is 10.0. The van der Waals surface area contributed by atoms with Crippen molar-refractivity contribution < 1.29 is 14.7 Å². The molecule has 18 heavy (non-hydrogen) atoms. The van der Waals surface area contributed by atoms with Crippen molar-refractivity contribution in [2.75, 3.05) is 6.54 Å². The van der Waals surface area contributed by atoms with Gasteiger partial charge in [0.25, 0.3) is 5.91 Å². The van der Waals surface area contributed by atoms with Crippen molar-refractivity contribution in [1.29, 1.82) is 0 Å². The first-order valence-electron chi connectivity index (χ1n) is 6.12. The topological polar surface area (TPSA) is 57.6 Å². The summed E-state index contributed by atoms with van der Waals surface area (Å²) in [6.07, 6.45) is 1.31. The number of carboxylic acids is 1. The molecule has 0 saturated carbocycles. The molecule has 1 aliphatic rings. The van der Waals surface area contributed by atoms with E-state index in [0.29, 0.717) is 18.5 Å². The minimum Gasteiger partial charge on any atom is -0.480 e. The van der Waals surface area contributed by atoms with Gasteiger partial charge in [0.05, 0.1) is 0 Å². The minimum atomic E-state index is -0.910. The summed E-state index contributed by atoms with van der Waals surface area (Å²) in [6, 6.07) is 5.00. The van der Waals surface area contributed by atoms with Crippen LogP contribution in [-0.2, 0) is 4.79 Å². The summed E-state index contributed by atoms with van der Waals surface area (Å²) in [5.41, 5.74) is 2.44. The Hall–Kier alpha value is -1.84. The van der Waals surface area contributed by atoms with Crippen molar-refractivity contribution in [3.63, 3.8) is 0 Å². The number of aliphatic carboxylic acids is 1. The molecule has 1 aromatic rings. The normalized spacial score (nSPS) is 19.0.